The number of rotatable bonds is 3. The van der Waals surface area contributed by atoms with E-state index in [4.69, 9.17) is 11.6 Å². The second-order valence-electron chi connectivity index (χ2n) is 5.31. The number of piperazine rings is 1. The fourth-order valence-corrected chi connectivity index (χ4v) is 2.68. The van der Waals surface area contributed by atoms with Crippen molar-refractivity contribution in [2.45, 2.75) is 25.4 Å². The van der Waals surface area contributed by atoms with E-state index >= 15 is 0 Å². The maximum Gasteiger partial charge on any atom is 0.246 e. The van der Waals surface area contributed by atoms with E-state index in [2.05, 4.69) is 5.32 Å². The number of halogens is 2. The summed E-state index contributed by atoms with van der Waals surface area (Å²) in [6.45, 7) is 0.0376. The number of hydrogen-bond donors (Lipinski definition) is 1. The molecule has 1 saturated carbocycles. The first-order valence-corrected chi connectivity index (χ1v) is 6.94. The number of hydrogen-bond acceptors (Lipinski definition) is 2. The van der Waals surface area contributed by atoms with E-state index in [9.17, 15) is 14.0 Å². The summed E-state index contributed by atoms with van der Waals surface area (Å²) in [7, 11) is 0. The molecule has 0 aromatic heterocycles. The highest BCUT2D eigenvalue weighted by Gasteiger charge is 2.42. The van der Waals surface area contributed by atoms with Crippen LogP contribution in [-0.4, -0.2) is 29.3 Å². The van der Waals surface area contributed by atoms with Crippen LogP contribution in [0.3, 0.4) is 0 Å². The zero-order valence-electron chi connectivity index (χ0n) is 10.7. The van der Waals surface area contributed by atoms with Gasteiger partial charge >= 0.3 is 0 Å². The van der Waals surface area contributed by atoms with Gasteiger partial charge in [-0.3, -0.25) is 9.59 Å². The zero-order chi connectivity index (χ0) is 14.3. The summed E-state index contributed by atoms with van der Waals surface area (Å²) < 4.78 is 13.7. The van der Waals surface area contributed by atoms with Gasteiger partial charge in [-0.05, 0) is 37.0 Å². The molecule has 4 nitrogen and oxygen atoms in total. The van der Waals surface area contributed by atoms with Gasteiger partial charge in [-0.25, -0.2) is 4.39 Å². The lowest BCUT2D eigenvalue weighted by molar-refractivity contribution is -0.145. The van der Waals surface area contributed by atoms with E-state index in [-0.39, 0.29) is 30.8 Å². The third-order valence-corrected chi connectivity index (χ3v) is 3.93. The van der Waals surface area contributed by atoms with E-state index in [1.807, 2.05) is 0 Å². The van der Waals surface area contributed by atoms with Crippen LogP contribution in [0.15, 0.2) is 18.2 Å². The minimum atomic E-state index is -0.446. The Morgan fingerprint density at radius 3 is 2.80 bits per heavy atom. The summed E-state index contributed by atoms with van der Waals surface area (Å²) in [6.07, 6.45) is 1.91. The van der Waals surface area contributed by atoms with Gasteiger partial charge in [-0.2, -0.15) is 0 Å². The molecule has 2 aliphatic rings. The standard InChI is InChI=1S/C14H14ClFN2O2/c15-10-3-4-11(16)9(5-10)6-18-7-12(19)17-13(14(18)20)8-1-2-8/h3-5,8,13H,1-2,6-7H2,(H,17,19). The predicted octanol–water partition coefficient (Wildman–Crippen LogP) is 1.72. The van der Waals surface area contributed by atoms with Gasteiger partial charge in [0, 0.05) is 17.1 Å². The molecule has 1 N–H and O–H groups in total. The third-order valence-electron chi connectivity index (χ3n) is 3.69. The summed E-state index contributed by atoms with van der Waals surface area (Å²) in [5.41, 5.74) is 0.329. The molecule has 2 amide bonds. The normalized spacial score (nSPS) is 22.9. The largest absolute Gasteiger partial charge is 0.342 e. The molecule has 3 rings (SSSR count). The fraction of sp³-hybridized carbons (Fsp3) is 0.429. The van der Waals surface area contributed by atoms with Gasteiger partial charge in [-0.15, -0.1) is 0 Å². The van der Waals surface area contributed by atoms with Crippen LogP contribution < -0.4 is 5.32 Å². The van der Waals surface area contributed by atoms with E-state index in [1.165, 1.54) is 23.1 Å². The Hall–Kier alpha value is -1.62. The van der Waals surface area contributed by atoms with Crippen molar-refractivity contribution in [2.75, 3.05) is 6.54 Å². The quantitative estimate of drug-likeness (QED) is 0.923. The van der Waals surface area contributed by atoms with Gasteiger partial charge in [-0.1, -0.05) is 11.6 Å². The molecule has 1 aromatic carbocycles. The summed E-state index contributed by atoms with van der Waals surface area (Å²) in [5, 5.41) is 3.13. The van der Waals surface area contributed by atoms with Crippen LogP contribution in [0.25, 0.3) is 0 Å². The highest BCUT2D eigenvalue weighted by atomic mass is 35.5. The molecule has 1 heterocycles. The van der Waals surface area contributed by atoms with Crippen LogP contribution in [0, 0.1) is 11.7 Å². The highest BCUT2D eigenvalue weighted by molar-refractivity contribution is 6.30. The van der Waals surface area contributed by atoms with Gasteiger partial charge in [0.1, 0.15) is 11.9 Å². The Morgan fingerprint density at radius 2 is 2.10 bits per heavy atom. The lowest BCUT2D eigenvalue weighted by Gasteiger charge is -2.32. The Balaban J connectivity index is 1.79. The lowest BCUT2D eigenvalue weighted by atomic mass is 10.1. The molecule has 0 radical (unpaired) electrons. The molecule has 0 spiro atoms. The summed E-state index contributed by atoms with van der Waals surface area (Å²) >= 11 is 5.84. The average molecular weight is 297 g/mol. The van der Waals surface area contributed by atoms with Crippen LogP contribution in [-0.2, 0) is 16.1 Å². The van der Waals surface area contributed by atoms with Crippen LogP contribution in [0.2, 0.25) is 5.02 Å². The molecule has 6 heteroatoms. The summed E-state index contributed by atoms with van der Waals surface area (Å²) in [4.78, 5) is 25.4. The van der Waals surface area contributed by atoms with Crippen molar-refractivity contribution in [2.24, 2.45) is 5.92 Å². The Kier molecular flexibility index (Phi) is 3.38. The molecule has 1 aromatic rings. The number of benzene rings is 1. The van der Waals surface area contributed by atoms with Gasteiger partial charge < -0.3 is 10.2 Å². The molecule has 106 valence electrons. The lowest BCUT2D eigenvalue weighted by Crippen LogP contribution is -2.58. The maximum absolute atomic E-state index is 13.7. The van der Waals surface area contributed by atoms with Gasteiger partial charge in [0.05, 0.1) is 6.54 Å². The van der Waals surface area contributed by atoms with E-state index in [0.717, 1.165) is 12.8 Å². The second-order valence-corrected chi connectivity index (χ2v) is 5.75. The topological polar surface area (TPSA) is 49.4 Å². The number of amides is 2. The molecule has 1 aliphatic heterocycles. The van der Waals surface area contributed by atoms with Crippen molar-refractivity contribution in [3.63, 3.8) is 0 Å². The van der Waals surface area contributed by atoms with Gasteiger partial charge in [0.15, 0.2) is 0 Å². The number of nitrogens with one attached hydrogen (secondary N) is 1. The average Bonchev–Trinajstić information content (AvgIpc) is 3.22. The van der Waals surface area contributed by atoms with Crippen molar-refractivity contribution in [1.29, 1.82) is 0 Å². The van der Waals surface area contributed by atoms with Crippen LogP contribution in [0.1, 0.15) is 18.4 Å². The van der Waals surface area contributed by atoms with Crippen LogP contribution in [0.4, 0.5) is 4.39 Å². The first-order chi connectivity index (χ1) is 9.54. The third kappa shape index (κ3) is 2.63. The minimum absolute atomic E-state index is 0.0337. The first kappa shape index (κ1) is 13.4. The van der Waals surface area contributed by atoms with Crippen molar-refractivity contribution in [3.8, 4) is 0 Å². The molecule has 1 aliphatic carbocycles. The molecular formula is C14H14ClFN2O2. The predicted molar refractivity (Wildman–Crippen MR) is 71.5 cm³/mol. The number of carbonyl (C=O) groups excluding carboxylic acids is 2. The van der Waals surface area contributed by atoms with E-state index in [1.54, 1.807) is 0 Å². The molecule has 20 heavy (non-hydrogen) atoms. The molecule has 0 bridgehead atoms. The van der Waals surface area contributed by atoms with Gasteiger partial charge in [0.25, 0.3) is 0 Å². The SMILES string of the molecule is O=C1CN(Cc2cc(Cl)ccc2F)C(=O)C(C2CC2)N1. The number of nitrogens with zero attached hydrogens (tertiary/aromatic N) is 1. The van der Waals surface area contributed by atoms with Crippen LogP contribution >= 0.6 is 11.6 Å². The molecular weight excluding hydrogens is 283 g/mol. The van der Waals surface area contributed by atoms with Crippen molar-refractivity contribution in [1.82, 2.24) is 10.2 Å². The summed E-state index contributed by atoms with van der Waals surface area (Å²) in [5.74, 6) is -0.509. The smallest absolute Gasteiger partial charge is 0.246 e. The van der Waals surface area contributed by atoms with E-state index < -0.39 is 11.9 Å². The van der Waals surface area contributed by atoms with E-state index in [0.29, 0.717) is 10.6 Å². The molecule has 2 fully saturated rings. The molecule has 1 atom stereocenters. The fourth-order valence-electron chi connectivity index (χ4n) is 2.48. The molecule has 1 unspecified atom stereocenters. The van der Waals surface area contributed by atoms with Crippen molar-refractivity contribution < 1.29 is 14.0 Å². The first-order valence-electron chi connectivity index (χ1n) is 6.56. The minimum Gasteiger partial charge on any atom is -0.342 e. The highest BCUT2D eigenvalue weighted by Crippen LogP contribution is 2.34. The monoisotopic (exact) mass is 296 g/mol. The van der Waals surface area contributed by atoms with Crippen molar-refractivity contribution in [3.05, 3.63) is 34.6 Å². The number of carbonyl (C=O) groups is 2. The van der Waals surface area contributed by atoms with Crippen LogP contribution in [0.5, 0.6) is 0 Å². The Bertz CT molecular complexity index is 574. The van der Waals surface area contributed by atoms with Gasteiger partial charge in [0.2, 0.25) is 11.8 Å². The zero-order valence-corrected chi connectivity index (χ0v) is 11.5. The Labute approximate surface area is 120 Å². The molecule has 1 saturated heterocycles. The second kappa shape index (κ2) is 5.05. The van der Waals surface area contributed by atoms with Crippen molar-refractivity contribution >= 4 is 23.4 Å². The Morgan fingerprint density at radius 1 is 1.35 bits per heavy atom. The summed E-state index contributed by atoms with van der Waals surface area (Å²) in [6, 6.07) is 3.77. The maximum atomic E-state index is 13.7.